The Morgan fingerprint density at radius 1 is 1.08 bits per heavy atom. The summed E-state index contributed by atoms with van der Waals surface area (Å²) in [5.74, 6) is -1.75. The van der Waals surface area contributed by atoms with Crippen LogP contribution in [0, 0.1) is 11.6 Å². The van der Waals surface area contributed by atoms with Gasteiger partial charge in [0.05, 0.1) is 0 Å². The first-order valence-electron chi connectivity index (χ1n) is 7.34. The highest BCUT2D eigenvalue weighted by Gasteiger charge is 2.11. The van der Waals surface area contributed by atoms with E-state index in [4.69, 9.17) is 16.0 Å². The molecule has 0 spiro atoms. The van der Waals surface area contributed by atoms with E-state index >= 15 is 0 Å². The van der Waals surface area contributed by atoms with E-state index in [-0.39, 0.29) is 24.4 Å². The third-order valence-electron chi connectivity index (χ3n) is 3.33. The second-order valence-corrected chi connectivity index (χ2v) is 5.62. The smallest absolute Gasteiger partial charge is 0.247 e. The van der Waals surface area contributed by atoms with Gasteiger partial charge in [0.1, 0.15) is 0 Å². The predicted octanol–water partition coefficient (Wildman–Crippen LogP) is 4.24. The Morgan fingerprint density at radius 2 is 1.84 bits per heavy atom. The maximum absolute atomic E-state index is 13.1. The topological polar surface area (TPSA) is 68.0 Å². The summed E-state index contributed by atoms with van der Waals surface area (Å²) in [7, 11) is 0. The highest BCUT2D eigenvalue weighted by Crippen LogP contribution is 2.20. The van der Waals surface area contributed by atoms with E-state index in [1.54, 1.807) is 24.3 Å². The normalized spacial score (nSPS) is 10.7. The van der Waals surface area contributed by atoms with Crippen molar-refractivity contribution in [1.29, 1.82) is 0 Å². The average molecular weight is 364 g/mol. The molecule has 3 rings (SSSR count). The highest BCUT2D eigenvalue weighted by molar-refractivity contribution is 6.30. The van der Waals surface area contributed by atoms with Crippen molar-refractivity contribution in [3.05, 3.63) is 65.0 Å². The Bertz CT molecular complexity index is 897. The second-order valence-electron chi connectivity index (χ2n) is 5.18. The number of rotatable bonds is 5. The molecule has 8 heteroatoms. The van der Waals surface area contributed by atoms with Crippen molar-refractivity contribution >= 4 is 23.2 Å². The van der Waals surface area contributed by atoms with E-state index in [0.29, 0.717) is 16.8 Å². The van der Waals surface area contributed by atoms with Gasteiger partial charge in [0.25, 0.3) is 0 Å². The van der Waals surface area contributed by atoms with E-state index in [1.165, 1.54) is 6.07 Å². The first-order valence-corrected chi connectivity index (χ1v) is 7.72. The number of nitrogens with one attached hydrogen (secondary N) is 1. The fraction of sp³-hybridized carbons (Fsp3) is 0.118. The molecule has 2 aromatic carbocycles. The lowest BCUT2D eigenvalue weighted by Gasteiger charge is -2.04. The summed E-state index contributed by atoms with van der Waals surface area (Å²) in [5.41, 5.74) is 0.894. The Hall–Kier alpha value is -2.80. The molecule has 0 aliphatic heterocycles. The van der Waals surface area contributed by atoms with Gasteiger partial charge in [-0.25, -0.2) is 8.78 Å². The summed E-state index contributed by atoms with van der Waals surface area (Å²) >= 11 is 5.82. The van der Waals surface area contributed by atoms with Gasteiger partial charge in [-0.1, -0.05) is 11.6 Å². The number of nitrogens with zero attached hydrogens (tertiary/aromatic N) is 2. The Kier molecular flexibility index (Phi) is 5.04. The molecule has 0 unspecified atom stereocenters. The minimum Gasteiger partial charge on any atom is -0.421 e. The molecule has 128 valence electrons. The maximum Gasteiger partial charge on any atom is 0.247 e. The minimum absolute atomic E-state index is 0.0568. The van der Waals surface area contributed by atoms with Gasteiger partial charge in [-0.3, -0.25) is 4.79 Å². The van der Waals surface area contributed by atoms with Crippen LogP contribution in [0.2, 0.25) is 5.02 Å². The quantitative estimate of drug-likeness (QED) is 0.736. The van der Waals surface area contributed by atoms with Crippen molar-refractivity contribution in [1.82, 2.24) is 10.2 Å². The van der Waals surface area contributed by atoms with Crippen LogP contribution in [-0.4, -0.2) is 16.1 Å². The van der Waals surface area contributed by atoms with Gasteiger partial charge < -0.3 is 9.73 Å². The fourth-order valence-corrected chi connectivity index (χ4v) is 2.21. The summed E-state index contributed by atoms with van der Waals surface area (Å²) in [5, 5.41) is 10.9. The summed E-state index contributed by atoms with van der Waals surface area (Å²) in [6, 6.07) is 10.0. The van der Waals surface area contributed by atoms with Crippen LogP contribution in [0.5, 0.6) is 0 Å². The molecule has 1 amide bonds. The van der Waals surface area contributed by atoms with Crippen molar-refractivity contribution in [2.24, 2.45) is 0 Å². The zero-order chi connectivity index (χ0) is 17.8. The lowest BCUT2D eigenvalue weighted by Crippen LogP contribution is -2.12. The number of anilines is 1. The van der Waals surface area contributed by atoms with Gasteiger partial charge in [-0.15, -0.1) is 10.2 Å². The number of aromatic nitrogens is 2. The number of carbonyl (C=O) groups is 1. The van der Waals surface area contributed by atoms with Gasteiger partial charge in [-0.2, -0.15) is 0 Å². The zero-order valence-corrected chi connectivity index (χ0v) is 13.6. The van der Waals surface area contributed by atoms with Crippen molar-refractivity contribution in [2.75, 3.05) is 5.32 Å². The second kappa shape index (κ2) is 7.40. The van der Waals surface area contributed by atoms with Crippen LogP contribution in [0.4, 0.5) is 14.5 Å². The molecule has 0 saturated heterocycles. The van der Waals surface area contributed by atoms with E-state index < -0.39 is 11.6 Å². The Morgan fingerprint density at radius 3 is 2.56 bits per heavy atom. The molecule has 0 fully saturated rings. The van der Waals surface area contributed by atoms with Gasteiger partial charge >= 0.3 is 0 Å². The van der Waals surface area contributed by atoms with Gasteiger partial charge in [0.15, 0.2) is 11.6 Å². The molecule has 0 bridgehead atoms. The third kappa shape index (κ3) is 4.39. The summed E-state index contributed by atoms with van der Waals surface area (Å²) in [6.45, 7) is 0. The van der Waals surface area contributed by atoms with Gasteiger partial charge in [0.2, 0.25) is 17.7 Å². The van der Waals surface area contributed by atoms with Crippen molar-refractivity contribution in [3.63, 3.8) is 0 Å². The molecular weight excluding hydrogens is 352 g/mol. The number of benzene rings is 2. The molecule has 25 heavy (non-hydrogen) atoms. The molecule has 1 N–H and O–H groups in total. The van der Waals surface area contributed by atoms with E-state index in [0.717, 1.165) is 17.7 Å². The fourth-order valence-electron chi connectivity index (χ4n) is 2.08. The van der Waals surface area contributed by atoms with Crippen molar-refractivity contribution < 1.29 is 18.0 Å². The largest absolute Gasteiger partial charge is 0.421 e. The Labute approximate surface area is 146 Å². The average Bonchev–Trinajstić information content (AvgIpc) is 3.06. The molecule has 0 saturated carbocycles. The van der Waals surface area contributed by atoms with Crippen LogP contribution >= 0.6 is 11.6 Å². The van der Waals surface area contributed by atoms with Crippen LogP contribution in [-0.2, 0) is 11.2 Å². The first kappa shape index (κ1) is 17.0. The molecule has 1 heterocycles. The number of aryl methyl sites for hydroxylation is 1. The maximum atomic E-state index is 13.1. The summed E-state index contributed by atoms with van der Waals surface area (Å²) in [4.78, 5) is 11.9. The molecule has 0 aliphatic carbocycles. The highest BCUT2D eigenvalue weighted by atomic mass is 35.5. The number of carbonyl (C=O) groups excluding carboxylic acids is 1. The molecule has 1 aromatic heterocycles. The van der Waals surface area contributed by atoms with E-state index in [9.17, 15) is 13.6 Å². The van der Waals surface area contributed by atoms with Crippen LogP contribution in [0.15, 0.2) is 46.9 Å². The monoisotopic (exact) mass is 363 g/mol. The van der Waals surface area contributed by atoms with E-state index in [1.807, 2.05) is 0 Å². The number of hydrogen-bond acceptors (Lipinski definition) is 4. The molecule has 0 atom stereocenters. The molecule has 3 aromatic rings. The van der Waals surface area contributed by atoms with Crippen molar-refractivity contribution in [3.8, 4) is 11.5 Å². The SMILES string of the molecule is O=C(CCc1nnc(-c2ccc(Cl)cc2)o1)Nc1ccc(F)c(F)c1. The minimum atomic E-state index is -1.03. The lowest BCUT2D eigenvalue weighted by atomic mass is 10.2. The van der Waals surface area contributed by atoms with Crippen LogP contribution in [0.1, 0.15) is 12.3 Å². The summed E-state index contributed by atoms with van der Waals surface area (Å²) < 4.78 is 31.4. The summed E-state index contributed by atoms with van der Waals surface area (Å²) in [6.07, 6.45) is 0.275. The lowest BCUT2D eigenvalue weighted by molar-refractivity contribution is -0.116. The number of hydrogen-bond donors (Lipinski definition) is 1. The van der Waals surface area contributed by atoms with Crippen LogP contribution < -0.4 is 5.32 Å². The van der Waals surface area contributed by atoms with Crippen LogP contribution in [0.25, 0.3) is 11.5 Å². The van der Waals surface area contributed by atoms with Gasteiger partial charge in [0, 0.05) is 35.2 Å². The first-order chi connectivity index (χ1) is 12.0. The van der Waals surface area contributed by atoms with Crippen molar-refractivity contribution in [2.45, 2.75) is 12.8 Å². The number of amides is 1. The van der Waals surface area contributed by atoms with E-state index in [2.05, 4.69) is 15.5 Å². The predicted molar refractivity (Wildman–Crippen MR) is 88.1 cm³/mol. The van der Waals surface area contributed by atoms with Gasteiger partial charge in [-0.05, 0) is 36.4 Å². The number of halogens is 3. The molecule has 5 nitrogen and oxygen atoms in total. The standard InChI is InChI=1S/C17H12ClF2N3O2/c18-11-3-1-10(2-4-11)17-23-22-16(25-17)8-7-15(24)21-12-5-6-13(19)14(20)9-12/h1-6,9H,7-8H2,(H,21,24). The van der Waals surface area contributed by atoms with Crippen LogP contribution in [0.3, 0.4) is 0 Å². The molecule has 0 radical (unpaired) electrons. The molecule has 0 aliphatic rings. The zero-order valence-electron chi connectivity index (χ0n) is 12.8. The Balaban J connectivity index is 1.57. The molecular formula is C17H12ClF2N3O2. The third-order valence-corrected chi connectivity index (χ3v) is 3.58.